The minimum atomic E-state index is -0.372. The summed E-state index contributed by atoms with van der Waals surface area (Å²) in [5.74, 6) is -1.07. The van der Waals surface area contributed by atoms with Gasteiger partial charge in [-0.05, 0) is 87.8 Å². The number of rotatable bonds is 9. The van der Waals surface area contributed by atoms with E-state index in [1.165, 1.54) is 12.1 Å². The first-order chi connectivity index (χ1) is 15.4. The molecular weight excluding hydrogens is 409 g/mol. The van der Waals surface area contributed by atoms with E-state index in [-0.39, 0.29) is 53.0 Å². The van der Waals surface area contributed by atoms with Gasteiger partial charge in [-0.3, -0.25) is 14.4 Å². The van der Waals surface area contributed by atoms with Crippen LogP contribution in [0.3, 0.4) is 0 Å². The van der Waals surface area contributed by atoms with E-state index in [1.54, 1.807) is 12.1 Å². The lowest BCUT2D eigenvalue weighted by Crippen LogP contribution is -2.42. The number of allylic oxidation sites excluding steroid dienone is 2. The average molecular weight is 442 g/mol. The Labute approximate surface area is 188 Å². The largest absolute Gasteiger partial charge is 0.369 e. The molecule has 4 unspecified atom stereocenters. The third kappa shape index (κ3) is 4.93. The molecule has 1 heterocycles. The van der Waals surface area contributed by atoms with Crippen LogP contribution in [0, 0.1) is 35.4 Å². The topological polar surface area (TPSA) is 92.5 Å². The maximum atomic E-state index is 13.1. The molecule has 32 heavy (non-hydrogen) atoms. The molecule has 7 heteroatoms. The van der Waals surface area contributed by atoms with Crippen LogP contribution in [0.5, 0.6) is 0 Å². The zero-order chi connectivity index (χ0) is 22.7. The third-order valence-electron chi connectivity index (χ3n) is 7.38. The van der Waals surface area contributed by atoms with E-state index >= 15 is 0 Å². The van der Waals surface area contributed by atoms with Crippen molar-refractivity contribution in [3.63, 3.8) is 0 Å². The number of hydrogen-bond donors (Lipinski definition) is 2. The van der Waals surface area contributed by atoms with Gasteiger partial charge in [0.1, 0.15) is 5.82 Å². The zero-order valence-electron chi connectivity index (χ0n) is 18.3. The highest BCUT2D eigenvalue weighted by molar-refractivity contribution is 5.97. The molecule has 4 rings (SSSR count). The molecule has 0 spiro atoms. The van der Waals surface area contributed by atoms with E-state index < -0.39 is 0 Å². The summed E-state index contributed by atoms with van der Waals surface area (Å²) in [5, 5.41) is 3.01. The van der Waals surface area contributed by atoms with Crippen molar-refractivity contribution in [2.45, 2.75) is 32.1 Å². The fraction of sp³-hybridized carbons (Fsp3) is 0.560. The summed E-state index contributed by atoms with van der Waals surface area (Å²) in [6.45, 7) is 3.29. The Hall–Kier alpha value is -2.54. The molecule has 3 N–H and O–H groups in total. The molecule has 6 nitrogen and oxygen atoms in total. The second-order valence-corrected chi connectivity index (χ2v) is 9.39. The Bertz CT molecular complexity index is 877. The van der Waals surface area contributed by atoms with Crippen LogP contribution in [0.4, 0.5) is 4.39 Å². The summed E-state index contributed by atoms with van der Waals surface area (Å²) >= 11 is 0. The molecule has 0 aromatic heterocycles. The van der Waals surface area contributed by atoms with Crippen molar-refractivity contribution in [3.8, 4) is 0 Å². The second kappa shape index (κ2) is 9.94. The van der Waals surface area contributed by atoms with Gasteiger partial charge in [0.15, 0.2) is 5.78 Å². The number of nitrogens with zero attached hydrogens (tertiary/aromatic N) is 1. The first kappa shape index (κ1) is 22.6. The summed E-state index contributed by atoms with van der Waals surface area (Å²) in [4.78, 5) is 39.4. The van der Waals surface area contributed by atoms with Crippen LogP contribution in [0.25, 0.3) is 0 Å². The van der Waals surface area contributed by atoms with Crippen LogP contribution < -0.4 is 11.1 Å². The molecule has 1 saturated carbocycles. The number of carbonyl (C=O) groups is 3. The molecule has 172 valence electrons. The van der Waals surface area contributed by atoms with E-state index in [2.05, 4.69) is 16.3 Å². The molecule has 1 aromatic carbocycles. The highest BCUT2D eigenvalue weighted by Gasteiger charge is 2.50. The molecule has 0 radical (unpaired) electrons. The van der Waals surface area contributed by atoms with Gasteiger partial charge in [0.2, 0.25) is 11.8 Å². The van der Waals surface area contributed by atoms with Crippen molar-refractivity contribution < 1.29 is 18.8 Å². The SMILES string of the molecule is NC(=O)C1C2C=CC(C2)C1C(=O)NCCCCN1CCC(C(=O)c2ccc(F)cc2)CC1. The molecule has 2 aliphatic carbocycles. The number of piperidine rings is 1. The zero-order valence-corrected chi connectivity index (χ0v) is 18.3. The quantitative estimate of drug-likeness (QED) is 0.350. The Morgan fingerprint density at radius 3 is 2.31 bits per heavy atom. The van der Waals surface area contributed by atoms with Crippen LogP contribution in [0.2, 0.25) is 0 Å². The number of ketones is 1. The summed E-state index contributed by atoms with van der Waals surface area (Å²) in [6, 6.07) is 5.81. The van der Waals surface area contributed by atoms with Crippen LogP contribution in [0.15, 0.2) is 36.4 Å². The number of unbranched alkanes of at least 4 members (excludes halogenated alkanes) is 1. The fourth-order valence-electron chi connectivity index (χ4n) is 5.63. The minimum absolute atomic E-state index is 0.00462. The van der Waals surface area contributed by atoms with Gasteiger partial charge in [0.25, 0.3) is 0 Å². The van der Waals surface area contributed by atoms with Crippen molar-refractivity contribution in [2.24, 2.45) is 35.3 Å². The number of nitrogens with one attached hydrogen (secondary N) is 1. The normalized spacial score (nSPS) is 27.5. The number of carbonyl (C=O) groups excluding carboxylic acids is 3. The molecule has 1 saturated heterocycles. The molecule has 1 aliphatic heterocycles. The third-order valence-corrected chi connectivity index (χ3v) is 7.38. The van der Waals surface area contributed by atoms with Crippen molar-refractivity contribution in [1.82, 2.24) is 10.2 Å². The van der Waals surface area contributed by atoms with Gasteiger partial charge in [-0.25, -0.2) is 4.39 Å². The predicted octanol–water partition coefficient (Wildman–Crippen LogP) is 2.54. The van der Waals surface area contributed by atoms with Crippen LogP contribution in [-0.4, -0.2) is 48.7 Å². The Morgan fingerprint density at radius 1 is 1.00 bits per heavy atom. The van der Waals surface area contributed by atoms with E-state index in [4.69, 9.17) is 5.73 Å². The van der Waals surface area contributed by atoms with Crippen LogP contribution in [0.1, 0.15) is 42.5 Å². The average Bonchev–Trinajstić information content (AvgIpc) is 3.41. The Morgan fingerprint density at radius 2 is 1.66 bits per heavy atom. The Kier molecular flexibility index (Phi) is 7.04. The Balaban J connectivity index is 1.13. The molecule has 2 amide bonds. The highest BCUT2D eigenvalue weighted by Crippen LogP contribution is 2.47. The lowest BCUT2D eigenvalue weighted by Gasteiger charge is -2.31. The number of benzene rings is 1. The smallest absolute Gasteiger partial charge is 0.224 e. The monoisotopic (exact) mass is 441 g/mol. The number of nitrogens with two attached hydrogens (primary N) is 1. The van der Waals surface area contributed by atoms with Crippen molar-refractivity contribution in [1.29, 1.82) is 0 Å². The second-order valence-electron chi connectivity index (χ2n) is 9.39. The van der Waals surface area contributed by atoms with Gasteiger partial charge >= 0.3 is 0 Å². The van der Waals surface area contributed by atoms with E-state index in [0.717, 1.165) is 51.7 Å². The van der Waals surface area contributed by atoms with Crippen molar-refractivity contribution >= 4 is 17.6 Å². The first-order valence-electron chi connectivity index (χ1n) is 11.7. The maximum absolute atomic E-state index is 13.1. The number of halogens is 1. The summed E-state index contributed by atoms with van der Waals surface area (Å²) < 4.78 is 13.1. The summed E-state index contributed by atoms with van der Waals surface area (Å²) in [5.41, 5.74) is 6.13. The molecule has 1 aromatic rings. The fourth-order valence-corrected chi connectivity index (χ4v) is 5.63. The number of amides is 2. The summed E-state index contributed by atoms with van der Waals surface area (Å²) in [6.07, 6.45) is 8.41. The van der Waals surface area contributed by atoms with Gasteiger partial charge in [0, 0.05) is 18.0 Å². The highest BCUT2D eigenvalue weighted by atomic mass is 19.1. The van der Waals surface area contributed by atoms with Gasteiger partial charge in [-0.1, -0.05) is 12.2 Å². The lowest BCUT2D eigenvalue weighted by molar-refractivity contribution is -0.133. The number of Topliss-reactive ketones (excluding diaryl/α,β-unsaturated/α-hetero) is 1. The van der Waals surface area contributed by atoms with Crippen LogP contribution in [-0.2, 0) is 9.59 Å². The standard InChI is InChI=1S/C25H32FN3O3/c26-20-7-5-16(6-8-20)23(30)17-9-13-29(14-10-17)12-2-1-11-28-25(32)22-19-4-3-18(15-19)21(22)24(27)31/h3-8,17-19,21-22H,1-2,9-15H2,(H2,27,31)(H,28,32). The minimum Gasteiger partial charge on any atom is -0.369 e. The van der Waals surface area contributed by atoms with Gasteiger partial charge in [-0.15, -0.1) is 0 Å². The number of primary amides is 1. The number of hydrogen-bond acceptors (Lipinski definition) is 4. The van der Waals surface area contributed by atoms with E-state index in [1.807, 2.05) is 6.08 Å². The molecular formula is C25H32FN3O3. The van der Waals surface area contributed by atoms with Crippen LogP contribution >= 0.6 is 0 Å². The van der Waals surface area contributed by atoms with E-state index in [0.29, 0.717) is 12.1 Å². The summed E-state index contributed by atoms with van der Waals surface area (Å²) in [7, 11) is 0. The van der Waals surface area contributed by atoms with Crippen molar-refractivity contribution in [2.75, 3.05) is 26.2 Å². The van der Waals surface area contributed by atoms with Crippen molar-refractivity contribution in [3.05, 3.63) is 47.8 Å². The lowest BCUT2D eigenvalue weighted by atomic mass is 9.82. The molecule has 3 aliphatic rings. The molecule has 4 atom stereocenters. The van der Waals surface area contributed by atoms with Gasteiger partial charge in [0.05, 0.1) is 11.8 Å². The first-order valence-corrected chi connectivity index (χ1v) is 11.7. The number of fused-ring (bicyclic) bond motifs is 2. The number of likely N-dealkylation sites (tertiary alicyclic amines) is 1. The maximum Gasteiger partial charge on any atom is 0.224 e. The predicted molar refractivity (Wildman–Crippen MR) is 119 cm³/mol. The van der Waals surface area contributed by atoms with E-state index in [9.17, 15) is 18.8 Å². The molecule has 2 bridgehead atoms. The van der Waals surface area contributed by atoms with Gasteiger partial charge < -0.3 is 16.0 Å². The van der Waals surface area contributed by atoms with Gasteiger partial charge in [-0.2, -0.15) is 0 Å². The molecule has 2 fully saturated rings.